The molecule has 0 heterocycles. The van der Waals surface area contributed by atoms with E-state index in [1.165, 1.54) is 6.07 Å². The first-order valence-corrected chi connectivity index (χ1v) is 4.86. The molecule has 3 nitrogen and oxygen atoms in total. The largest absolute Gasteiger partial charge is 0.273 e. The van der Waals surface area contributed by atoms with Crippen molar-refractivity contribution in [2.75, 3.05) is 6.26 Å². The molecule has 1 rings (SSSR count). The van der Waals surface area contributed by atoms with E-state index in [0.29, 0.717) is 5.75 Å². The van der Waals surface area contributed by atoms with Gasteiger partial charge in [0.1, 0.15) is 0 Å². The van der Waals surface area contributed by atoms with Crippen LogP contribution in [0.15, 0.2) is 24.3 Å². The van der Waals surface area contributed by atoms with Crippen LogP contribution < -0.4 is 0 Å². The van der Waals surface area contributed by atoms with E-state index < -0.39 is 0 Å². The SMILES string of the molecule is CSCc1ccccc1[N+](=O)[O-]. The highest BCUT2D eigenvalue weighted by Gasteiger charge is 2.10. The van der Waals surface area contributed by atoms with Crippen LogP contribution in [0.1, 0.15) is 5.56 Å². The number of thioether (sulfide) groups is 1. The Kier molecular flexibility index (Phi) is 3.10. The van der Waals surface area contributed by atoms with Gasteiger partial charge in [-0.3, -0.25) is 10.1 Å². The summed E-state index contributed by atoms with van der Waals surface area (Å²) in [5.74, 6) is 0.692. The lowest BCUT2D eigenvalue weighted by molar-refractivity contribution is -0.385. The lowest BCUT2D eigenvalue weighted by atomic mass is 10.2. The molecule has 0 aromatic heterocycles. The second-order valence-corrected chi connectivity index (χ2v) is 3.18. The van der Waals surface area contributed by atoms with Crippen LogP contribution in [0.5, 0.6) is 0 Å². The molecule has 0 atom stereocenters. The van der Waals surface area contributed by atoms with E-state index in [2.05, 4.69) is 0 Å². The van der Waals surface area contributed by atoms with Gasteiger partial charge in [0.25, 0.3) is 5.69 Å². The van der Waals surface area contributed by atoms with Gasteiger partial charge in [-0.2, -0.15) is 11.8 Å². The van der Waals surface area contributed by atoms with Gasteiger partial charge in [0.15, 0.2) is 0 Å². The minimum Gasteiger partial charge on any atom is -0.258 e. The maximum Gasteiger partial charge on any atom is 0.273 e. The van der Waals surface area contributed by atoms with E-state index in [9.17, 15) is 10.1 Å². The molecule has 0 saturated carbocycles. The van der Waals surface area contributed by atoms with Crippen LogP contribution in [0.25, 0.3) is 0 Å². The second kappa shape index (κ2) is 4.11. The van der Waals surface area contributed by atoms with Crippen LogP contribution in [-0.4, -0.2) is 11.2 Å². The van der Waals surface area contributed by atoms with Gasteiger partial charge >= 0.3 is 0 Å². The summed E-state index contributed by atoms with van der Waals surface area (Å²) in [7, 11) is 0. The molecule has 0 radical (unpaired) electrons. The van der Waals surface area contributed by atoms with Gasteiger partial charge in [0.2, 0.25) is 0 Å². The number of nitrogens with zero attached hydrogens (tertiary/aromatic N) is 1. The molecule has 0 aliphatic heterocycles. The van der Waals surface area contributed by atoms with Gasteiger partial charge in [-0.15, -0.1) is 0 Å². The molecule has 0 saturated heterocycles. The Bertz CT molecular complexity index is 288. The molecule has 0 N–H and O–H groups in total. The van der Waals surface area contributed by atoms with Crippen LogP contribution in [-0.2, 0) is 5.75 Å². The van der Waals surface area contributed by atoms with E-state index in [-0.39, 0.29) is 10.6 Å². The molecule has 0 bridgehead atoms. The maximum atomic E-state index is 10.5. The van der Waals surface area contributed by atoms with Crippen LogP contribution in [0, 0.1) is 10.1 Å². The third kappa shape index (κ3) is 1.98. The lowest BCUT2D eigenvalue weighted by Gasteiger charge is -1.98. The van der Waals surface area contributed by atoms with Crippen molar-refractivity contribution in [2.24, 2.45) is 0 Å². The quantitative estimate of drug-likeness (QED) is 0.534. The zero-order valence-corrected chi connectivity index (χ0v) is 7.50. The second-order valence-electron chi connectivity index (χ2n) is 2.32. The molecule has 0 aliphatic carbocycles. The van der Waals surface area contributed by atoms with Crippen molar-refractivity contribution in [3.05, 3.63) is 39.9 Å². The first kappa shape index (κ1) is 9.06. The maximum absolute atomic E-state index is 10.5. The number of benzene rings is 1. The summed E-state index contributed by atoms with van der Waals surface area (Å²) in [5.41, 5.74) is 1.00. The Labute approximate surface area is 74.9 Å². The summed E-state index contributed by atoms with van der Waals surface area (Å²) < 4.78 is 0. The molecular formula is C8H9NO2S. The Morgan fingerprint density at radius 2 is 2.17 bits per heavy atom. The first-order valence-electron chi connectivity index (χ1n) is 3.47. The van der Waals surface area contributed by atoms with E-state index in [4.69, 9.17) is 0 Å². The molecular weight excluding hydrogens is 174 g/mol. The average molecular weight is 183 g/mol. The zero-order valence-electron chi connectivity index (χ0n) is 6.69. The summed E-state index contributed by atoms with van der Waals surface area (Å²) in [6.45, 7) is 0. The third-order valence-corrected chi connectivity index (χ3v) is 2.09. The van der Waals surface area contributed by atoms with Gasteiger partial charge < -0.3 is 0 Å². The molecule has 0 aliphatic rings. The number of hydrogen-bond acceptors (Lipinski definition) is 3. The van der Waals surface area contributed by atoms with Gasteiger partial charge in [0, 0.05) is 17.4 Å². The standard InChI is InChI=1S/C8H9NO2S/c1-12-6-7-4-2-3-5-8(7)9(10)11/h2-5H,6H2,1H3. The van der Waals surface area contributed by atoms with E-state index in [1.54, 1.807) is 23.9 Å². The summed E-state index contributed by atoms with van der Waals surface area (Å²) >= 11 is 1.58. The van der Waals surface area contributed by atoms with Crippen molar-refractivity contribution >= 4 is 17.4 Å². The topological polar surface area (TPSA) is 43.1 Å². The summed E-state index contributed by atoms with van der Waals surface area (Å²) in [6, 6.07) is 6.82. The van der Waals surface area contributed by atoms with Crippen molar-refractivity contribution in [1.82, 2.24) is 0 Å². The van der Waals surface area contributed by atoms with E-state index in [1.807, 2.05) is 12.3 Å². The molecule has 0 spiro atoms. The van der Waals surface area contributed by atoms with Crippen LogP contribution in [0.3, 0.4) is 0 Å². The molecule has 0 fully saturated rings. The monoisotopic (exact) mass is 183 g/mol. The van der Waals surface area contributed by atoms with Crippen molar-refractivity contribution < 1.29 is 4.92 Å². The van der Waals surface area contributed by atoms with Gasteiger partial charge in [0.05, 0.1) is 4.92 Å². The number of nitro groups is 1. The normalized spacial score (nSPS) is 9.75. The van der Waals surface area contributed by atoms with Gasteiger partial charge in [-0.25, -0.2) is 0 Å². The fourth-order valence-electron chi connectivity index (χ4n) is 0.966. The van der Waals surface area contributed by atoms with Gasteiger partial charge in [-0.1, -0.05) is 18.2 Å². The smallest absolute Gasteiger partial charge is 0.258 e. The predicted octanol–water partition coefficient (Wildman–Crippen LogP) is 2.46. The molecule has 4 heteroatoms. The van der Waals surface area contributed by atoms with Crippen molar-refractivity contribution in [1.29, 1.82) is 0 Å². The number of nitro benzene ring substituents is 1. The molecule has 0 amide bonds. The Hall–Kier alpha value is -1.03. The lowest BCUT2D eigenvalue weighted by Crippen LogP contribution is -1.92. The highest BCUT2D eigenvalue weighted by atomic mass is 32.2. The Morgan fingerprint density at radius 1 is 1.50 bits per heavy atom. The minimum absolute atomic E-state index is 0.215. The number of hydrogen-bond donors (Lipinski definition) is 0. The number of rotatable bonds is 3. The molecule has 0 unspecified atom stereocenters. The predicted molar refractivity (Wildman–Crippen MR) is 50.3 cm³/mol. The number of para-hydroxylation sites is 1. The minimum atomic E-state index is -0.342. The Morgan fingerprint density at radius 3 is 2.75 bits per heavy atom. The van der Waals surface area contributed by atoms with Crippen molar-refractivity contribution in [3.8, 4) is 0 Å². The van der Waals surface area contributed by atoms with Gasteiger partial charge in [-0.05, 0) is 6.26 Å². The summed E-state index contributed by atoms with van der Waals surface area (Å²) in [5, 5.41) is 10.5. The first-order chi connectivity index (χ1) is 5.75. The third-order valence-electron chi connectivity index (χ3n) is 1.49. The molecule has 12 heavy (non-hydrogen) atoms. The molecule has 64 valence electrons. The van der Waals surface area contributed by atoms with Crippen molar-refractivity contribution in [3.63, 3.8) is 0 Å². The Balaban J connectivity index is 3.00. The average Bonchev–Trinajstić information content (AvgIpc) is 2.05. The highest BCUT2D eigenvalue weighted by molar-refractivity contribution is 7.97. The fourth-order valence-corrected chi connectivity index (χ4v) is 1.52. The van der Waals surface area contributed by atoms with E-state index in [0.717, 1.165) is 5.56 Å². The zero-order chi connectivity index (χ0) is 8.97. The van der Waals surface area contributed by atoms with Crippen LogP contribution >= 0.6 is 11.8 Å². The van der Waals surface area contributed by atoms with Crippen LogP contribution in [0.4, 0.5) is 5.69 Å². The van der Waals surface area contributed by atoms with Crippen LogP contribution in [0.2, 0.25) is 0 Å². The molecule has 1 aromatic carbocycles. The fraction of sp³-hybridized carbons (Fsp3) is 0.250. The summed E-state index contributed by atoms with van der Waals surface area (Å²) in [4.78, 5) is 10.2. The van der Waals surface area contributed by atoms with Crippen molar-refractivity contribution in [2.45, 2.75) is 5.75 Å². The van der Waals surface area contributed by atoms with E-state index >= 15 is 0 Å². The summed E-state index contributed by atoms with van der Waals surface area (Å²) in [6.07, 6.45) is 1.93. The molecule has 1 aromatic rings. The highest BCUT2D eigenvalue weighted by Crippen LogP contribution is 2.21.